The third-order valence-electron chi connectivity index (χ3n) is 3.90. The topological polar surface area (TPSA) is 23.6 Å². The number of rotatable bonds is 7. The number of hydrogen-bond donors (Lipinski definition) is 0. The molecule has 0 aromatic carbocycles. The number of carbonyl (C=O) groups is 1. The number of piperidine rings is 1. The maximum Gasteiger partial charge on any atom is 0.222 e. The Balaban J connectivity index is 2.25. The molecule has 18 heavy (non-hydrogen) atoms. The number of carbonyl (C=O) groups excluding carboxylic acids is 1. The highest BCUT2D eigenvalue weighted by atomic mass is 35.5. The fraction of sp³-hybridized carbons (Fsp3) is 0.929. The van der Waals surface area contributed by atoms with Gasteiger partial charge >= 0.3 is 0 Å². The first-order chi connectivity index (χ1) is 8.71. The van der Waals surface area contributed by atoms with E-state index in [2.05, 4.69) is 18.7 Å². The quantitative estimate of drug-likeness (QED) is 0.666. The molecule has 0 aliphatic carbocycles. The lowest BCUT2D eigenvalue weighted by Gasteiger charge is -2.34. The Bertz CT molecular complexity index is 236. The number of amides is 1. The maximum absolute atomic E-state index is 11.9. The van der Waals surface area contributed by atoms with Gasteiger partial charge in [-0.2, -0.15) is 0 Å². The molecule has 0 N–H and O–H groups in total. The van der Waals surface area contributed by atoms with Crippen LogP contribution in [0.4, 0.5) is 0 Å². The Hall–Kier alpha value is -0.280. The van der Waals surface area contributed by atoms with E-state index < -0.39 is 0 Å². The average molecular weight is 275 g/mol. The SMILES string of the molecule is CCN(CC)CC1CCN(C(=O)CCCCl)CC1. The molecule has 1 saturated heterocycles. The van der Waals surface area contributed by atoms with Gasteiger partial charge in [-0.25, -0.2) is 0 Å². The highest BCUT2D eigenvalue weighted by Gasteiger charge is 2.23. The second kappa shape index (κ2) is 8.76. The van der Waals surface area contributed by atoms with Crippen LogP contribution in [0.5, 0.6) is 0 Å². The molecule has 0 spiro atoms. The molecule has 1 heterocycles. The summed E-state index contributed by atoms with van der Waals surface area (Å²) in [6.07, 6.45) is 3.73. The van der Waals surface area contributed by atoms with Crippen LogP contribution in [0.2, 0.25) is 0 Å². The van der Waals surface area contributed by atoms with Crippen LogP contribution in [0.1, 0.15) is 39.5 Å². The van der Waals surface area contributed by atoms with Crippen LogP contribution in [0, 0.1) is 5.92 Å². The smallest absolute Gasteiger partial charge is 0.222 e. The van der Waals surface area contributed by atoms with Crippen LogP contribution >= 0.6 is 11.6 Å². The Labute approximate surface area is 116 Å². The lowest BCUT2D eigenvalue weighted by molar-refractivity contribution is -0.132. The van der Waals surface area contributed by atoms with Crippen LogP contribution in [0.15, 0.2) is 0 Å². The van der Waals surface area contributed by atoms with Crippen molar-refractivity contribution in [3.05, 3.63) is 0 Å². The molecular formula is C14H27ClN2O. The molecule has 1 aliphatic rings. The van der Waals surface area contributed by atoms with Crippen LogP contribution in [-0.2, 0) is 4.79 Å². The Morgan fingerprint density at radius 1 is 1.28 bits per heavy atom. The van der Waals surface area contributed by atoms with Crippen LogP contribution in [0.3, 0.4) is 0 Å². The summed E-state index contributed by atoms with van der Waals surface area (Å²) < 4.78 is 0. The summed E-state index contributed by atoms with van der Waals surface area (Å²) in [6.45, 7) is 9.76. The summed E-state index contributed by atoms with van der Waals surface area (Å²) in [5.74, 6) is 1.64. The highest BCUT2D eigenvalue weighted by Crippen LogP contribution is 2.19. The van der Waals surface area contributed by atoms with E-state index in [0.717, 1.165) is 51.4 Å². The first-order valence-corrected chi connectivity index (χ1v) is 7.80. The predicted molar refractivity (Wildman–Crippen MR) is 77.0 cm³/mol. The van der Waals surface area contributed by atoms with Crippen molar-refractivity contribution in [3.63, 3.8) is 0 Å². The van der Waals surface area contributed by atoms with Gasteiger partial charge < -0.3 is 9.80 Å². The van der Waals surface area contributed by atoms with Crippen molar-refractivity contribution in [1.29, 1.82) is 0 Å². The van der Waals surface area contributed by atoms with Crippen molar-refractivity contribution in [2.24, 2.45) is 5.92 Å². The lowest BCUT2D eigenvalue weighted by atomic mass is 9.96. The van der Waals surface area contributed by atoms with E-state index >= 15 is 0 Å². The minimum Gasteiger partial charge on any atom is -0.343 e. The molecular weight excluding hydrogens is 248 g/mol. The molecule has 0 atom stereocenters. The van der Waals surface area contributed by atoms with Gasteiger partial charge in [-0.05, 0) is 38.3 Å². The summed E-state index contributed by atoms with van der Waals surface area (Å²) in [5, 5.41) is 0. The van der Waals surface area contributed by atoms with Crippen LogP contribution in [0.25, 0.3) is 0 Å². The van der Waals surface area contributed by atoms with Crippen LogP contribution < -0.4 is 0 Å². The number of likely N-dealkylation sites (tertiary alicyclic amines) is 1. The zero-order valence-electron chi connectivity index (χ0n) is 11.8. The molecule has 1 aliphatic heterocycles. The number of alkyl halides is 1. The minimum absolute atomic E-state index is 0.289. The van der Waals surface area contributed by atoms with E-state index in [9.17, 15) is 4.79 Å². The Morgan fingerprint density at radius 3 is 2.39 bits per heavy atom. The fourth-order valence-corrected chi connectivity index (χ4v) is 2.72. The van der Waals surface area contributed by atoms with Gasteiger partial charge in [-0.15, -0.1) is 11.6 Å². The molecule has 0 unspecified atom stereocenters. The van der Waals surface area contributed by atoms with Crippen LogP contribution in [-0.4, -0.2) is 54.3 Å². The Morgan fingerprint density at radius 2 is 1.89 bits per heavy atom. The summed E-state index contributed by atoms with van der Waals surface area (Å²) in [7, 11) is 0. The lowest BCUT2D eigenvalue weighted by Crippen LogP contribution is -2.41. The van der Waals surface area contributed by atoms with Crippen molar-refractivity contribution in [2.45, 2.75) is 39.5 Å². The first kappa shape index (κ1) is 15.8. The number of nitrogens with zero attached hydrogens (tertiary/aromatic N) is 2. The summed E-state index contributed by atoms with van der Waals surface area (Å²) >= 11 is 5.62. The molecule has 3 nitrogen and oxygen atoms in total. The van der Waals surface area contributed by atoms with Gasteiger partial charge in [0.1, 0.15) is 0 Å². The van der Waals surface area contributed by atoms with Crippen molar-refractivity contribution in [2.75, 3.05) is 38.6 Å². The van der Waals surface area contributed by atoms with Gasteiger partial charge in [0, 0.05) is 31.9 Å². The summed E-state index contributed by atoms with van der Waals surface area (Å²) in [6, 6.07) is 0. The van der Waals surface area contributed by atoms with Gasteiger partial charge in [0.25, 0.3) is 0 Å². The van der Waals surface area contributed by atoms with E-state index in [1.165, 1.54) is 6.54 Å². The van der Waals surface area contributed by atoms with Crippen molar-refractivity contribution in [1.82, 2.24) is 9.80 Å². The third-order valence-corrected chi connectivity index (χ3v) is 4.17. The van der Waals surface area contributed by atoms with E-state index in [1.54, 1.807) is 0 Å². The molecule has 1 amide bonds. The first-order valence-electron chi connectivity index (χ1n) is 7.27. The normalized spacial score (nSPS) is 17.4. The zero-order chi connectivity index (χ0) is 13.4. The second-order valence-electron chi connectivity index (χ2n) is 5.10. The number of halogens is 1. The molecule has 0 aromatic rings. The van der Waals surface area contributed by atoms with E-state index in [1.807, 2.05) is 4.90 Å². The molecule has 0 bridgehead atoms. The maximum atomic E-state index is 11.9. The van der Waals surface area contributed by atoms with Gasteiger partial charge in [0.15, 0.2) is 0 Å². The predicted octanol–water partition coefficient (Wildman–Crippen LogP) is 2.59. The van der Waals surface area contributed by atoms with Gasteiger partial charge in [0.05, 0.1) is 0 Å². The van der Waals surface area contributed by atoms with Crippen molar-refractivity contribution in [3.8, 4) is 0 Å². The Kier molecular flexibility index (Phi) is 7.68. The third kappa shape index (κ3) is 5.15. The largest absolute Gasteiger partial charge is 0.343 e. The standard InChI is InChI=1S/C14H27ClN2O/c1-3-16(4-2)12-13-7-10-17(11-8-13)14(18)6-5-9-15/h13H,3-12H2,1-2H3. The van der Waals surface area contributed by atoms with Crippen molar-refractivity contribution >= 4 is 17.5 Å². The zero-order valence-corrected chi connectivity index (χ0v) is 12.6. The molecule has 0 radical (unpaired) electrons. The molecule has 4 heteroatoms. The summed E-state index contributed by atoms with van der Waals surface area (Å²) in [4.78, 5) is 16.4. The molecule has 0 saturated carbocycles. The monoisotopic (exact) mass is 274 g/mol. The molecule has 1 fully saturated rings. The number of hydrogen-bond acceptors (Lipinski definition) is 2. The fourth-order valence-electron chi connectivity index (χ4n) is 2.59. The van der Waals surface area contributed by atoms with Gasteiger partial charge in [-0.1, -0.05) is 13.8 Å². The molecule has 106 valence electrons. The van der Waals surface area contributed by atoms with Gasteiger partial charge in [-0.3, -0.25) is 4.79 Å². The molecule has 1 rings (SSSR count). The van der Waals surface area contributed by atoms with Gasteiger partial charge in [0.2, 0.25) is 5.91 Å². The summed E-state index contributed by atoms with van der Waals surface area (Å²) in [5.41, 5.74) is 0. The second-order valence-corrected chi connectivity index (χ2v) is 5.48. The minimum atomic E-state index is 0.289. The van der Waals surface area contributed by atoms with E-state index in [0.29, 0.717) is 12.3 Å². The van der Waals surface area contributed by atoms with E-state index in [4.69, 9.17) is 11.6 Å². The average Bonchev–Trinajstić information content (AvgIpc) is 2.42. The van der Waals surface area contributed by atoms with Crippen molar-refractivity contribution < 1.29 is 4.79 Å². The van der Waals surface area contributed by atoms with E-state index in [-0.39, 0.29) is 5.91 Å². The molecule has 0 aromatic heterocycles. The highest BCUT2D eigenvalue weighted by molar-refractivity contribution is 6.17.